The smallest absolute Gasteiger partial charge is 0.314 e. The molecule has 2 rings (SSSR count). The van der Waals surface area contributed by atoms with Crippen LogP contribution in [0.4, 0.5) is 0 Å². The van der Waals surface area contributed by atoms with E-state index in [1.807, 2.05) is 26.0 Å². The van der Waals surface area contributed by atoms with Crippen molar-refractivity contribution in [2.45, 2.75) is 38.5 Å². The first-order valence-corrected chi connectivity index (χ1v) is 6.28. The van der Waals surface area contributed by atoms with Crippen LogP contribution in [0.1, 0.15) is 36.0 Å². The number of hydrogen-bond acceptors (Lipinski definition) is 1. The van der Waals surface area contributed by atoms with Crippen LogP contribution in [0.2, 0.25) is 0 Å². The summed E-state index contributed by atoms with van der Waals surface area (Å²) in [5.74, 6) is -0.687. The van der Waals surface area contributed by atoms with Gasteiger partial charge in [-0.25, -0.2) is 0 Å². The lowest BCUT2D eigenvalue weighted by molar-refractivity contribution is -0.147. The molecule has 1 fully saturated rings. The van der Waals surface area contributed by atoms with E-state index in [-0.39, 0.29) is 0 Å². The summed E-state index contributed by atoms with van der Waals surface area (Å²) < 4.78 is 0.967. The zero-order valence-electron chi connectivity index (χ0n) is 9.51. The number of benzene rings is 1. The van der Waals surface area contributed by atoms with Gasteiger partial charge in [0.15, 0.2) is 0 Å². The van der Waals surface area contributed by atoms with Crippen LogP contribution in [0.3, 0.4) is 0 Å². The molecule has 0 amide bonds. The van der Waals surface area contributed by atoms with Crippen molar-refractivity contribution in [2.24, 2.45) is 0 Å². The predicted octanol–water partition coefficient (Wildman–Crippen LogP) is 3.57. The molecule has 1 saturated carbocycles. The van der Waals surface area contributed by atoms with E-state index < -0.39 is 11.4 Å². The molecule has 0 bridgehead atoms. The lowest BCUT2D eigenvalue weighted by Gasteiger charge is -2.40. The second-order valence-electron chi connectivity index (χ2n) is 4.63. The number of rotatable bonds is 2. The highest BCUT2D eigenvalue weighted by Gasteiger charge is 2.47. The summed E-state index contributed by atoms with van der Waals surface area (Å²) in [5, 5.41) is 9.46. The molecule has 1 aliphatic rings. The van der Waals surface area contributed by atoms with E-state index in [1.165, 1.54) is 0 Å². The van der Waals surface area contributed by atoms with Gasteiger partial charge in [0.05, 0.1) is 5.41 Å². The lowest BCUT2D eigenvalue weighted by atomic mass is 9.63. The van der Waals surface area contributed by atoms with Gasteiger partial charge in [-0.05, 0) is 43.4 Å². The molecule has 86 valence electrons. The second kappa shape index (κ2) is 3.88. The summed E-state index contributed by atoms with van der Waals surface area (Å²) in [4.78, 5) is 11.5. The molecule has 0 heterocycles. The third kappa shape index (κ3) is 1.49. The lowest BCUT2D eigenvalue weighted by Crippen LogP contribution is -2.43. The predicted molar refractivity (Wildman–Crippen MR) is 66.8 cm³/mol. The van der Waals surface area contributed by atoms with E-state index in [4.69, 9.17) is 0 Å². The minimum atomic E-state index is -0.687. The number of carbonyl (C=O) groups is 1. The van der Waals surface area contributed by atoms with Crippen LogP contribution in [-0.2, 0) is 10.2 Å². The number of halogens is 1. The molecule has 3 heteroatoms. The summed E-state index contributed by atoms with van der Waals surface area (Å²) in [6, 6.07) is 4.04. The van der Waals surface area contributed by atoms with Crippen LogP contribution in [-0.4, -0.2) is 11.1 Å². The Morgan fingerprint density at radius 1 is 1.31 bits per heavy atom. The van der Waals surface area contributed by atoms with Crippen molar-refractivity contribution in [1.29, 1.82) is 0 Å². The number of carboxylic acids is 1. The fourth-order valence-electron chi connectivity index (χ4n) is 2.47. The van der Waals surface area contributed by atoms with Gasteiger partial charge in [0.25, 0.3) is 0 Å². The first-order chi connectivity index (χ1) is 7.49. The minimum absolute atomic E-state index is 0.644. The van der Waals surface area contributed by atoms with Crippen LogP contribution < -0.4 is 0 Å². The van der Waals surface area contributed by atoms with Crippen molar-refractivity contribution in [3.63, 3.8) is 0 Å². The Balaban J connectivity index is 2.63. The van der Waals surface area contributed by atoms with E-state index in [9.17, 15) is 9.90 Å². The maximum atomic E-state index is 11.5. The van der Waals surface area contributed by atoms with E-state index in [0.29, 0.717) is 0 Å². The highest BCUT2D eigenvalue weighted by atomic mass is 79.9. The average molecular weight is 283 g/mol. The Labute approximate surface area is 104 Å². The molecular formula is C13H15BrO2. The topological polar surface area (TPSA) is 37.3 Å². The van der Waals surface area contributed by atoms with Crippen molar-refractivity contribution in [1.82, 2.24) is 0 Å². The van der Waals surface area contributed by atoms with Crippen molar-refractivity contribution >= 4 is 21.9 Å². The van der Waals surface area contributed by atoms with Gasteiger partial charge in [-0.2, -0.15) is 0 Å². The largest absolute Gasteiger partial charge is 0.481 e. The van der Waals surface area contributed by atoms with Crippen molar-refractivity contribution in [3.8, 4) is 0 Å². The molecule has 16 heavy (non-hydrogen) atoms. The SMILES string of the molecule is Cc1ccc(C)c(C2(C(=O)O)CCC2)c1Br. The molecule has 1 N–H and O–H groups in total. The molecule has 1 aromatic rings. The molecule has 0 atom stereocenters. The summed E-state index contributed by atoms with van der Waals surface area (Å²) in [7, 11) is 0. The number of carboxylic acid groups (broad SMARTS) is 1. The summed E-state index contributed by atoms with van der Waals surface area (Å²) >= 11 is 3.55. The highest BCUT2D eigenvalue weighted by Crippen LogP contribution is 2.48. The monoisotopic (exact) mass is 282 g/mol. The third-order valence-corrected chi connectivity index (χ3v) is 4.66. The average Bonchev–Trinajstić information content (AvgIpc) is 2.15. The fourth-order valence-corrected chi connectivity index (χ4v) is 3.29. The molecule has 0 saturated heterocycles. The molecular weight excluding hydrogens is 268 g/mol. The molecule has 0 aromatic heterocycles. The minimum Gasteiger partial charge on any atom is -0.481 e. The Morgan fingerprint density at radius 2 is 1.88 bits per heavy atom. The molecule has 1 aliphatic carbocycles. The van der Waals surface area contributed by atoms with Gasteiger partial charge in [0, 0.05) is 4.47 Å². The quantitative estimate of drug-likeness (QED) is 0.900. The van der Waals surface area contributed by atoms with E-state index in [1.54, 1.807) is 0 Å². The van der Waals surface area contributed by atoms with Crippen LogP contribution in [0.15, 0.2) is 16.6 Å². The van der Waals surface area contributed by atoms with Gasteiger partial charge in [0.2, 0.25) is 0 Å². The third-order valence-electron chi connectivity index (χ3n) is 3.64. The first kappa shape index (κ1) is 11.6. The molecule has 0 radical (unpaired) electrons. The van der Waals surface area contributed by atoms with Gasteiger partial charge in [-0.15, -0.1) is 0 Å². The number of aliphatic carboxylic acids is 1. The number of hydrogen-bond donors (Lipinski definition) is 1. The highest BCUT2D eigenvalue weighted by molar-refractivity contribution is 9.10. The van der Waals surface area contributed by atoms with E-state index in [0.717, 1.165) is 40.4 Å². The summed E-state index contributed by atoms with van der Waals surface area (Å²) in [6.45, 7) is 3.99. The van der Waals surface area contributed by atoms with Gasteiger partial charge >= 0.3 is 5.97 Å². The standard InChI is InChI=1S/C13H15BrO2/c1-8-4-5-9(2)11(14)10(8)13(12(15)16)6-3-7-13/h4-5H,3,6-7H2,1-2H3,(H,15,16). The van der Waals surface area contributed by atoms with Crippen molar-refractivity contribution in [3.05, 3.63) is 33.3 Å². The summed E-state index contributed by atoms with van der Waals surface area (Å²) in [5.41, 5.74) is 2.51. The Morgan fingerprint density at radius 3 is 2.31 bits per heavy atom. The van der Waals surface area contributed by atoms with Gasteiger partial charge in [-0.1, -0.05) is 34.5 Å². The van der Waals surface area contributed by atoms with Crippen molar-refractivity contribution in [2.75, 3.05) is 0 Å². The second-order valence-corrected chi connectivity index (χ2v) is 5.42. The van der Waals surface area contributed by atoms with Gasteiger partial charge in [0.1, 0.15) is 0 Å². The Hall–Kier alpha value is -0.830. The maximum absolute atomic E-state index is 11.5. The van der Waals surface area contributed by atoms with Crippen LogP contribution in [0.5, 0.6) is 0 Å². The normalized spacial score (nSPS) is 17.9. The zero-order valence-corrected chi connectivity index (χ0v) is 11.1. The molecule has 2 nitrogen and oxygen atoms in total. The van der Waals surface area contributed by atoms with Gasteiger partial charge < -0.3 is 5.11 Å². The molecule has 0 aliphatic heterocycles. The number of aryl methyl sites for hydroxylation is 2. The van der Waals surface area contributed by atoms with Crippen LogP contribution in [0.25, 0.3) is 0 Å². The molecule has 0 unspecified atom stereocenters. The Kier molecular flexibility index (Phi) is 2.82. The molecule has 1 aromatic carbocycles. The van der Waals surface area contributed by atoms with Crippen LogP contribution in [0, 0.1) is 13.8 Å². The van der Waals surface area contributed by atoms with Crippen molar-refractivity contribution < 1.29 is 9.90 Å². The summed E-state index contributed by atoms with van der Waals surface area (Å²) in [6.07, 6.45) is 2.52. The van der Waals surface area contributed by atoms with Gasteiger partial charge in [-0.3, -0.25) is 4.79 Å². The van der Waals surface area contributed by atoms with E-state index >= 15 is 0 Å². The molecule has 0 spiro atoms. The zero-order chi connectivity index (χ0) is 11.9. The Bertz CT molecular complexity index is 447. The fraction of sp³-hybridized carbons (Fsp3) is 0.462. The first-order valence-electron chi connectivity index (χ1n) is 5.48. The van der Waals surface area contributed by atoms with E-state index in [2.05, 4.69) is 15.9 Å². The maximum Gasteiger partial charge on any atom is 0.314 e. The van der Waals surface area contributed by atoms with Crippen LogP contribution >= 0.6 is 15.9 Å².